The minimum atomic E-state index is -4.41. The van der Waals surface area contributed by atoms with E-state index in [-0.39, 0.29) is 0 Å². The minimum absolute atomic E-state index is 0.367. The average molecular weight is 420 g/mol. The van der Waals surface area contributed by atoms with E-state index in [4.69, 9.17) is 4.42 Å². The van der Waals surface area contributed by atoms with Crippen molar-refractivity contribution in [3.8, 4) is 0 Å². The van der Waals surface area contributed by atoms with Gasteiger partial charge in [-0.1, -0.05) is 11.8 Å². The summed E-state index contributed by atoms with van der Waals surface area (Å²) in [4.78, 5) is 15.4. The van der Waals surface area contributed by atoms with E-state index in [1.54, 1.807) is 6.07 Å². The molecular formula is C21H19F3N2O2S. The molecule has 1 aliphatic heterocycles. The molecule has 29 heavy (non-hydrogen) atoms. The molecule has 152 valence electrons. The Bertz CT molecular complexity index is 1120. The molecule has 0 aliphatic carbocycles. The van der Waals surface area contributed by atoms with E-state index in [1.807, 2.05) is 18.2 Å². The maximum Gasteiger partial charge on any atom is 0.416 e. The Kier molecular flexibility index (Phi) is 4.98. The third-order valence-corrected chi connectivity index (χ3v) is 6.21. The summed E-state index contributed by atoms with van der Waals surface area (Å²) in [5.74, 6) is 0. The highest BCUT2D eigenvalue weighted by molar-refractivity contribution is 8.00. The third kappa shape index (κ3) is 3.69. The second-order valence-corrected chi connectivity index (χ2v) is 7.88. The SMILES string of the molecule is CCN(CC)c1ccc2cc(C3Nc4cc(C(F)(F)F)ccc4S3)c(=O)oc2c1. The van der Waals surface area contributed by atoms with Crippen molar-refractivity contribution >= 4 is 34.1 Å². The van der Waals surface area contributed by atoms with Crippen LogP contribution < -0.4 is 15.8 Å². The zero-order chi connectivity index (χ0) is 20.8. The lowest BCUT2D eigenvalue weighted by Gasteiger charge is -2.21. The lowest BCUT2D eigenvalue weighted by atomic mass is 10.1. The molecule has 4 nitrogen and oxygen atoms in total. The standard InChI is InChI=1S/C21H19F3N2O2S/c1-3-26(4-2)14-7-5-12-9-15(20(27)28-17(12)11-14)19-25-16-10-13(21(22,23)24)6-8-18(16)29-19/h5-11,19,25H,3-4H2,1-2H3. The van der Waals surface area contributed by atoms with Crippen molar-refractivity contribution in [1.29, 1.82) is 0 Å². The normalized spacial score (nSPS) is 16.0. The van der Waals surface area contributed by atoms with E-state index in [0.29, 0.717) is 21.7 Å². The van der Waals surface area contributed by atoms with Crippen LogP contribution >= 0.6 is 11.8 Å². The van der Waals surface area contributed by atoms with Crippen LogP contribution in [-0.4, -0.2) is 13.1 Å². The predicted octanol–water partition coefficient (Wildman–Crippen LogP) is 5.87. The summed E-state index contributed by atoms with van der Waals surface area (Å²) >= 11 is 1.30. The van der Waals surface area contributed by atoms with E-state index in [9.17, 15) is 18.0 Å². The van der Waals surface area contributed by atoms with Crippen LogP contribution in [0.15, 0.2) is 56.6 Å². The Morgan fingerprint density at radius 2 is 1.86 bits per heavy atom. The molecule has 1 aliphatic rings. The monoisotopic (exact) mass is 420 g/mol. The van der Waals surface area contributed by atoms with Gasteiger partial charge in [0.25, 0.3) is 0 Å². The summed E-state index contributed by atoms with van der Waals surface area (Å²) in [6.07, 6.45) is -4.41. The van der Waals surface area contributed by atoms with Gasteiger partial charge in [-0.2, -0.15) is 13.2 Å². The molecule has 1 N–H and O–H groups in total. The van der Waals surface area contributed by atoms with Gasteiger partial charge in [0, 0.05) is 40.8 Å². The molecule has 0 bridgehead atoms. The number of fused-ring (bicyclic) bond motifs is 2. The maximum atomic E-state index is 13.0. The van der Waals surface area contributed by atoms with Crippen LogP contribution in [0.3, 0.4) is 0 Å². The van der Waals surface area contributed by atoms with Gasteiger partial charge in [-0.05, 0) is 50.2 Å². The van der Waals surface area contributed by atoms with Gasteiger partial charge in [0.05, 0.1) is 11.1 Å². The van der Waals surface area contributed by atoms with Crippen molar-refractivity contribution < 1.29 is 17.6 Å². The topological polar surface area (TPSA) is 45.5 Å². The van der Waals surface area contributed by atoms with Crippen molar-refractivity contribution in [1.82, 2.24) is 0 Å². The first-order valence-electron chi connectivity index (χ1n) is 9.27. The van der Waals surface area contributed by atoms with Crippen molar-refractivity contribution in [2.45, 2.75) is 30.3 Å². The van der Waals surface area contributed by atoms with Gasteiger partial charge < -0.3 is 14.6 Å². The van der Waals surface area contributed by atoms with Crippen molar-refractivity contribution in [3.63, 3.8) is 0 Å². The first kappa shape index (κ1) is 19.7. The number of thioether (sulfide) groups is 1. The molecule has 8 heteroatoms. The van der Waals surface area contributed by atoms with Crippen molar-refractivity contribution in [3.05, 3.63) is 64.0 Å². The van der Waals surface area contributed by atoms with Crippen LogP contribution in [0, 0.1) is 0 Å². The van der Waals surface area contributed by atoms with E-state index in [0.717, 1.165) is 36.3 Å². The lowest BCUT2D eigenvalue weighted by molar-refractivity contribution is -0.137. The first-order valence-corrected chi connectivity index (χ1v) is 10.1. The van der Waals surface area contributed by atoms with Crippen LogP contribution in [0.5, 0.6) is 0 Å². The highest BCUT2D eigenvalue weighted by atomic mass is 32.2. The van der Waals surface area contributed by atoms with Gasteiger partial charge in [0.2, 0.25) is 0 Å². The molecular weight excluding hydrogens is 401 g/mol. The Labute approximate surface area is 169 Å². The number of nitrogens with zero attached hydrogens (tertiary/aromatic N) is 1. The lowest BCUT2D eigenvalue weighted by Crippen LogP contribution is -2.21. The number of rotatable bonds is 4. The summed E-state index contributed by atoms with van der Waals surface area (Å²) in [6.45, 7) is 5.78. The molecule has 2 aromatic carbocycles. The van der Waals surface area contributed by atoms with Gasteiger partial charge in [0.15, 0.2) is 0 Å². The Hall–Kier alpha value is -2.61. The first-order chi connectivity index (χ1) is 13.8. The summed E-state index contributed by atoms with van der Waals surface area (Å²) in [5.41, 5.74) is 0.985. The largest absolute Gasteiger partial charge is 0.422 e. The van der Waals surface area contributed by atoms with E-state index >= 15 is 0 Å². The van der Waals surface area contributed by atoms with Crippen LogP contribution in [-0.2, 0) is 6.18 Å². The van der Waals surface area contributed by atoms with Gasteiger partial charge in [-0.3, -0.25) is 0 Å². The molecule has 1 unspecified atom stereocenters. The number of hydrogen-bond acceptors (Lipinski definition) is 5. The van der Waals surface area contributed by atoms with Crippen LogP contribution in [0.1, 0.15) is 30.3 Å². The van der Waals surface area contributed by atoms with Crippen molar-refractivity contribution in [2.75, 3.05) is 23.3 Å². The Morgan fingerprint density at radius 3 is 2.55 bits per heavy atom. The second kappa shape index (κ2) is 7.33. The van der Waals surface area contributed by atoms with E-state index in [1.165, 1.54) is 17.8 Å². The summed E-state index contributed by atoms with van der Waals surface area (Å²) < 4.78 is 44.4. The molecule has 0 amide bonds. The zero-order valence-electron chi connectivity index (χ0n) is 15.8. The number of benzene rings is 2. The Morgan fingerprint density at radius 1 is 1.10 bits per heavy atom. The summed E-state index contributed by atoms with van der Waals surface area (Å²) in [5, 5.41) is 3.28. The number of halogens is 3. The number of hydrogen-bond donors (Lipinski definition) is 1. The smallest absolute Gasteiger partial charge is 0.416 e. The predicted molar refractivity (Wildman–Crippen MR) is 110 cm³/mol. The molecule has 0 saturated heterocycles. The number of nitrogens with one attached hydrogen (secondary N) is 1. The van der Waals surface area contributed by atoms with Crippen LogP contribution in [0.25, 0.3) is 11.0 Å². The summed E-state index contributed by atoms with van der Waals surface area (Å²) in [7, 11) is 0. The van der Waals surface area contributed by atoms with Crippen LogP contribution in [0.4, 0.5) is 24.5 Å². The third-order valence-electron chi connectivity index (χ3n) is 5.00. The fourth-order valence-electron chi connectivity index (χ4n) is 3.44. The van der Waals surface area contributed by atoms with Crippen molar-refractivity contribution in [2.24, 2.45) is 0 Å². The molecule has 3 aromatic rings. The molecule has 1 atom stereocenters. The fraction of sp³-hybridized carbons (Fsp3) is 0.286. The van der Waals surface area contributed by atoms with E-state index in [2.05, 4.69) is 24.1 Å². The zero-order valence-corrected chi connectivity index (χ0v) is 16.7. The van der Waals surface area contributed by atoms with Gasteiger partial charge >= 0.3 is 11.8 Å². The van der Waals surface area contributed by atoms with Gasteiger partial charge in [-0.25, -0.2) is 4.79 Å². The summed E-state index contributed by atoms with van der Waals surface area (Å²) in [6, 6.07) is 11.0. The number of anilines is 2. The average Bonchev–Trinajstić information content (AvgIpc) is 3.10. The molecule has 0 radical (unpaired) electrons. The fourth-order valence-corrected chi connectivity index (χ4v) is 4.57. The molecule has 4 rings (SSSR count). The molecule has 2 heterocycles. The van der Waals surface area contributed by atoms with Gasteiger partial charge in [0.1, 0.15) is 11.0 Å². The second-order valence-electron chi connectivity index (χ2n) is 6.73. The quantitative estimate of drug-likeness (QED) is 0.535. The number of alkyl halides is 3. The molecule has 0 fully saturated rings. The highest BCUT2D eigenvalue weighted by Crippen LogP contribution is 2.47. The maximum absolute atomic E-state index is 13.0. The Balaban J connectivity index is 1.67. The van der Waals surface area contributed by atoms with Crippen LogP contribution in [0.2, 0.25) is 0 Å². The minimum Gasteiger partial charge on any atom is -0.422 e. The van der Waals surface area contributed by atoms with E-state index < -0.39 is 22.7 Å². The van der Waals surface area contributed by atoms with Gasteiger partial charge in [-0.15, -0.1) is 0 Å². The molecule has 0 saturated carbocycles. The molecule has 0 spiro atoms. The highest BCUT2D eigenvalue weighted by Gasteiger charge is 2.33. The molecule has 1 aromatic heterocycles.